The number of nitrogens with one attached hydrogen (secondary N) is 1. The predicted molar refractivity (Wildman–Crippen MR) is 106 cm³/mol. The average Bonchev–Trinajstić information content (AvgIpc) is 3.12. The summed E-state index contributed by atoms with van der Waals surface area (Å²) in [6, 6.07) is 12.8. The summed E-state index contributed by atoms with van der Waals surface area (Å²) in [6.07, 6.45) is 0. The van der Waals surface area contributed by atoms with Crippen molar-refractivity contribution in [2.45, 2.75) is 6.54 Å². The van der Waals surface area contributed by atoms with E-state index < -0.39 is 36.8 Å². The molecule has 0 aliphatic heterocycles. The summed E-state index contributed by atoms with van der Waals surface area (Å²) in [5.41, 5.74) is 0.957. The van der Waals surface area contributed by atoms with Crippen molar-refractivity contribution < 1.29 is 23.5 Å². The Hall–Kier alpha value is -3.33. The van der Waals surface area contributed by atoms with Gasteiger partial charge in [-0.2, -0.15) is 0 Å². The third-order valence-corrected chi connectivity index (χ3v) is 4.99. The molecule has 1 heterocycles. The van der Waals surface area contributed by atoms with Crippen LogP contribution < -0.4 is 5.32 Å². The van der Waals surface area contributed by atoms with E-state index in [-0.39, 0.29) is 5.56 Å². The second-order valence-corrected chi connectivity index (χ2v) is 7.29. The van der Waals surface area contributed by atoms with Gasteiger partial charge in [0.15, 0.2) is 6.61 Å². The number of nitrogens with zero attached hydrogens (tertiary/aromatic N) is 2. The number of aromatic nitrogens is 1. The molecule has 0 fully saturated rings. The number of halogens is 1. The molecule has 0 unspecified atom stereocenters. The van der Waals surface area contributed by atoms with Crippen molar-refractivity contribution in [3.05, 3.63) is 64.9 Å². The Morgan fingerprint density at radius 3 is 2.72 bits per heavy atom. The number of esters is 1. The van der Waals surface area contributed by atoms with Crippen LogP contribution in [0.1, 0.15) is 15.4 Å². The van der Waals surface area contributed by atoms with Crippen molar-refractivity contribution in [2.24, 2.45) is 0 Å². The highest BCUT2D eigenvalue weighted by molar-refractivity contribution is 7.18. The van der Waals surface area contributed by atoms with Crippen molar-refractivity contribution >= 4 is 39.3 Å². The fraction of sp³-hybridized carbons (Fsp3) is 0.200. The standard InChI is InChI=1S/C20H18FN3O4S/c1-24(11-17-23-15-7-2-3-8-16(15)29-17)18(25)12-28-19(26)10-22-20(27)13-5-4-6-14(21)9-13/h2-9H,10-12H2,1H3,(H,22,27). The molecule has 0 saturated heterocycles. The van der Waals surface area contributed by atoms with Crippen LogP contribution in [0.4, 0.5) is 4.39 Å². The molecule has 0 bridgehead atoms. The third-order valence-electron chi connectivity index (χ3n) is 3.97. The van der Waals surface area contributed by atoms with Gasteiger partial charge in [0.05, 0.1) is 16.8 Å². The highest BCUT2D eigenvalue weighted by atomic mass is 32.1. The van der Waals surface area contributed by atoms with Crippen LogP contribution in [0.5, 0.6) is 0 Å². The molecule has 2 aromatic carbocycles. The number of amides is 2. The highest BCUT2D eigenvalue weighted by Crippen LogP contribution is 2.22. The summed E-state index contributed by atoms with van der Waals surface area (Å²) in [5.74, 6) is -2.33. The van der Waals surface area contributed by atoms with Crippen molar-refractivity contribution in [3.8, 4) is 0 Å². The van der Waals surface area contributed by atoms with Gasteiger partial charge in [-0.25, -0.2) is 9.37 Å². The molecule has 7 nitrogen and oxygen atoms in total. The van der Waals surface area contributed by atoms with E-state index in [9.17, 15) is 18.8 Å². The van der Waals surface area contributed by atoms with Crippen LogP contribution in [-0.4, -0.2) is 47.9 Å². The number of carbonyl (C=O) groups excluding carboxylic acids is 3. The van der Waals surface area contributed by atoms with E-state index in [1.807, 2.05) is 24.3 Å². The number of carbonyl (C=O) groups is 3. The largest absolute Gasteiger partial charge is 0.454 e. The normalized spacial score (nSPS) is 10.6. The van der Waals surface area contributed by atoms with E-state index in [2.05, 4.69) is 10.3 Å². The van der Waals surface area contributed by atoms with Gasteiger partial charge in [-0.15, -0.1) is 11.3 Å². The zero-order valence-corrected chi connectivity index (χ0v) is 16.4. The Morgan fingerprint density at radius 1 is 1.17 bits per heavy atom. The minimum atomic E-state index is -0.767. The molecule has 3 aromatic rings. The van der Waals surface area contributed by atoms with Gasteiger partial charge in [0, 0.05) is 12.6 Å². The molecule has 150 valence electrons. The fourth-order valence-electron chi connectivity index (χ4n) is 2.47. The van der Waals surface area contributed by atoms with Gasteiger partial charge in [-0.1, -0.05) is 18.2 Å². The number of para-hydroxylation sites is 1. The maximum atomic E-state index is 13.1. The van der Waals surface area contributed by atoms with Gasteiger partial charge in [-0.05, 0) is 30.3 Å². The van der Waals surface area contributed by atoms with Crippen LogP contribution in [-0.2, 0) is 20.9 Å². The topological polar surface area (TPSA) is 88.6 Å². The lowest BCUT2D eigenvalue weighted by Crippen LogP contribution is -2.34. The maximum Gasteiger partial charge on any atom is 0.325 e. The van der Waals surface area contributed by atoms with Gasteiger partial charge < -0.3 is 15.0 Å². The quantitative estimate of drug-likeness (QED) is 0.599. The summed E-state index contributed by atoms with van der Waals surface area (Å²) < 4.78 is 19.0. The minimum Gasteiger partial charge on any atom is -0.454 e. The van der Waals surface area contributed by atoms with Gasteiger partial charge in [0.25, 0.3) is 11.8 Å². The van der Waals surface area contributed by atoms with Crippen molar-refractivity contribution in [1.82, 2.24) is 15.2 Å². The zero-order valence-electron chi connectivity index (χ0n) is 15.6. The number of hydrogen-bond donors (Lipinski definition) is 1. The van der Waals surface area contributed by atoms with E-state index >= 15 is 0 Å². The molecular formula is C20H18FN3O4S. The molecule has 0 saturated carbocycles. The Labute approximate surface area is 170 Å². The summed E-state index contributed by atoms with van der Waals surface area (Å²) in [5, 5.41) is 3.09. The molecule has 1 N–H and O–H groups in total. The fourth-order valence-corrected chi connectivity index (χ4v) is 3.49. The predicted octanol–water partition coefficient (Wildman–Crippen LogP) is 2.37. The van der Waals surface area contributed by atoms with E-state index in [0.29, 0.717) is 6.54 Å². The first-order valence-electron chi connectivity index (χ1n) is 8.70. The van der Waals surface area contributed by atoms with E-state index in [0.717, 1.165) is 21.3 Å². The summed E-state index contributed by atoms with van der Waals surface area (Å²) in [6.45, 7) is -0.577. The number of hydrogen-bond acceptors (Lipinski definition) is 6. The molecular weight excluding hydrogens is 397 g/mol. The van der Waals surface area contributed by atoms with Crippen LogP contribution in [0.25, 0.3) is 10.2 Å². The Kier molecular flexibility index (Phi) is 6.50. The second-order valence-electron chi connectivity index (χ2n) is 6.18. The average molecular weight is 415 g/mol. The lowest BCUT2D eigenvalue weighted by atomic mass is 10.2. The first-order valence-corrected chi connectivity index (χ1v) is 9.52. The van der Waals surface area contributed by atoms with Crippen LogP contribution in [0.3, 0.4) is 0 Å². The van der Waals surface area contributed by atoms with Crippen molar-refractivity contribution in [1.29, 1.82) is 0 Å². The Balaban J connectivity index is 1.43. The Bertz CT molecular complexity index is 1020. The number of likely N-dealkylation sites (N-methyl/N-ethyl adjacent to an activating group) is 1. The van der Waals surface area contributed by atoms with Gasteiger partial charge in [0.2, 0.25) is 0 Å². The molecule has 1 aromatic heterocycles. The SMILES string of the molecule is CN(Cc1nc2ccccc2s1)C(=O)COC(=O)CNC(=O)c1cccc(F)c1. The summed E-state index contributed by atoms with van der Waals surface area (Å²) >= 11 is 1.49. The molecule has 0 aliphatic rings. The number of thiazole rings is 1. The van der Waals surface area contributed by atoms with E-state index in [4.69, 9.17) is 4.74 Å². The molecule has 2 amide bonds. The highest BCUT2D eigenvalue weighted by Gasteiger charge is 2.15. The molecule has 0 atom stereocenters. The lowest BCUT2D eigenvalue weighted by molar-refractivity contribution is -0.150. The van der Waals surface area contributed by atoms with E-state index in [1.165, 1.54) is 34.4 Å². The number of ether oxygens (including phenoxy) is 1. The second kappa shape index (κ2) is 9.24. The van der Waals surface area contributed by atoms with Gasteiger partial charge in [-0.3, -0.25) is 14.4 Å². The van der Waals surface area contributed by atoms with Crippen LogP contribution in [0.15, 0.2) is 48.5 Å². The van der Waals surface area contributed by atoms with Crippen LogP contribution >= 0.6 is 11.3 Å². The molecule has 29 heavy (non-hydrogen) atoms. The Morgan fingerprint density at radius 2 is 1.97 bits per heavy atom. The van der Waals surface area contributed by atoms with Gasteiger partial charge >= 0.3 is 5.97 Å². The molecule has 9 heteroatoms. The number of fused-ring (bicyclic) bond motifs is 1. The van der Waals surface area contributed by atoms with E-state index in [1.54, 1.807) is 7.05 Å². The minimum absolute atomic E-state index is 0.0874. The van der Waals surface area contributed by atoms with Crippen LogP contribution in [0, 0.1) is 5.82 Å². The summed E-state index contributed by atoms with van der Waals surface area (Å²) in [7, 11) is 1.59. The molecule has 0 aliphatic carbocycles. The zero-order chi connectivity index (χ0) is 20.8. The maximum absolute atomic E-state index is 13.1. The van der Waals surface area contributed by atoms with Gasteiger partial charge in [0.1, 0.15) is 17.4 Å². The summed E-state index contributed by atoms with van der Waals surface area (Å²) in [4.78, 5) is 41.6. The molecule has 0 spiro atoms. The lowest BCUT2D eigenvalue weighted by Gasteiger charge is -2.15. The van der Waals surface area contributed by atoms with Crippen LogP contribution in [0.2, 0.25) is 0 Å². The first kappa shape index (κ1) is 20.4. The molecule has 0 radical (unpaired) electrons. The number of rotatable bonds is 7. The first-order chi connectivity index (χ1) is 13.9. The third kappa shape index (κ3) is 5.58. The monoisotopic (exact) mass is 415 g/mol. The molecule has 3 rings (SSSR count). The number of benzene rings is 2. The van der Waals surface area contributed by atoms with Crippen molar-refractivity contribution in [3.63, 3.8) is 0 Å². The smallest absolute Gasteiger partial charge is 0.325 e. The van der Waals surface area contributed by atoms with Crippen molar-refractivity contribution in [2.75, 3.05) is 20.2 Å².